The highest BCUT2D eigenvalue weighted by Gasteiger charge is 2.12. The van der Waals surface area contributed by atoms with Crippen LogP contribution < -0.4 is 10.1 Å². The van der Waals surface area contributed by atoms with Crippen LogP contribution in [0.15, 0.2) is 42.7 Å². The number of methoxy groups -OCH3 is 1. The van der Waals surface area contributed by atoms with Crippen molar-refractivity contribution in [3.05, 3.63) is 59.7 Å². The summed E-state index contributed by atoms with van der Waals surface area (Å²) in [5, 5.41) is 13.3. The van der Waals surface area contributed by atoms with Crippen LogP contribution in [0.25, 0.3) is 0 Å². The zero-order chi connectivity index (χ0) is 15.2. The molecule has 1 aromatic heterocycles. The van der Waals surface area contributed by atoms with Gasteiger partial charge in [-0.25, -0.2) is 4.39 Å². The number of benzene rings is 1. The summed E-state index contributed by atoms with van der Waals surface area (Å²) in [5.41, 5.74) is 1.60. The molecule has 2 rings (SSSR count). The summed E-state index contributed by atoms with van der Waals surface area (Å²) < 4.78 is 18.6. The predicted octanol–water partition coefficient (Wildman–Crippen LogP) is 2.61. The summed E-state index contributed by atoms with van der Waals surface area (Å²) in [7, 11) is 1.44. The van der Waals surface area contributed by atoms with Crippen LogP contribution in [0.3, 0.4) is 0 Å². The number of pyridine rings is 1. The second kappa shape index (κ2) is 7.15. The first-order chi connectivity index (χ1) is 10.1. The highest BCUT2D eigenvalue weighted by Crippen LogP contribution is 2.22. The van der Waals surface area contributed by atoms with E-state index in [-0.39, 0.29) is 11.8 Å². The maximum atomic E-state index is 13.7. The van der Waals surface area contributed by atoms with E-state index in [1.807, 2.05) is 6.92 Å². The number of halogens is 1. The van der Waals surface area contributed by atoms with Crippen LogP contribution in [0.5, 0.6) is 5.75 Å². The van der Waals surface area contributed by atoms with Gasteiger partial charge in [-0.15, -0.1) is 0 Å². The molecule has 112 valence electrons. The van der Waals surface area contributed by atoms with Crippen molar-refractivity contribution in [2.24, 2.45) is 0 Å². The maximum Gasteiger partial charge on any atom is 0.165 e. The van der Waals surface area contributed by atoms with Crippen LogP contribution in [0.1, 0.15) is 30.2 Å². The van der Waals surface area contributed by atoms with Crippen molar-refractivity contribution in [1.82, 2.24) is 10.3 Å². The summed E-state index contributed by atoms with van der Waals surface area (Å²) >= 11 is 0. The van der Waals surface area contributed by atoms with Gasteiger partial charge in [0.15, 0.2) is 11.6 Å². The number of ether oxygens (including phenoxy) is 1. The Morgan fingerprint density at radius 2 is 1.95 bits per heavy atom. The molecule has 0 radical (unpaired) electrons. The zero-order valence-corrected chi connectivity index (χ0v) is 12.1. The molecule has 1 aromatic carbocycles. The van der Waals surface area contributed by atoms with Crippen LogP contribution in [0.2, 0.25) is 0 Å². The summed E-state index contributed by atoms with van der Waals surface area (Å²) in [6.45, 7) is 2.29. The number of aliphatic hydroxyl groups is 1. The topological polar surface area (TPSA) is 54.4 Å². The van der Waals surface area contributed by atoms with Gasteiger partial charge in [-0.05, 0) is 42.3 Å². The standard InChI is InChI=1S/C16H19FN2O2/c1-11(13-3-4-16(21-2)14(17)9-13)19-10-15(20)12-5-7-18-8-6-12/h3-9,11,15,19-20H,10H2,1-2H3. The van der Waals surface area contributed by atoms with Crippen molar-refractivity contribution in [3.8, 4) is 5.75 Å². The highest BCUT2D eigenvalue weighted by molar-refractivity contribution is 5.30. The van der Waals surface area contributed by atoms with E-state index in [4.69, 9.17) is 4.74 Å². The number of nitrogens with zero attached hydrogens (tertiary/aromatic N) is 1. The molecule has 0 aliphatic rings. The molecule has 1 heterocycles. The molecule has 0 saturated heterocycles. The molecular weight excluding hydrogens is 271 g/mol. The number of aromatic nitrogens is 1. The fourth-order valence-corrected chi connectivity index (χ4v) is 2.06. The third-order valence-corrected chi connectivity index (χ3v) is 3.38. The Morgan fingerprint density at radius 1 is 1.24 bits per heavy atom. The van der Waals surface area contributed by atoms with Crippen LogP contribution >= 0.6 is 0 Å². The van der Waals surface area contributed by atoms with E-state index >= 15 is 0 Å². The summed E-state index contributed by atoms with van der Waals surface area (Å²) in [6.07, 6.45) is 2.65. The maximum absolute atomic E-state index is 13.7. The summed E-state index contributed by atoms with van der Waals surface area (Å²) in [6, 6.07) is 8.30. The predicted molar refractivity (Wildman–Crippen MR) is 78.6 cm³/mol. The molecule has 2 atom stereocenters. The molecule has 0 fully saturated rings. The number of nitrogens with one attached hydrogen (secondary N) is 1. The van der Waals surface area contributed by atoms with Gasteiger partial charge in [0, 0.05) is 25.0 Å². The van der Waals surface area contributed by atoms with Crippen LogP contribution in [-0.4, -0.2) is 23.7 Å². The van der Waals surface area contributed by atoms with Crippen molar-refractivity contribution < 1.29 is 14.2 Å². The molecule has 0 bridgehead atoms. The Kier molecular flexibility index (Phi) is 5.25. The summed E-state index contributed by atoms with van der Waals surface area (Å²) in [4.78, 5) is 3.91. The molecule has 0 saturated carbocycles. The van der Waals surface area contributed by atoms with Crippen LogP contribution in [0, 0.1) is 5.82 Å². The Hall–Kier alpha value is -1.98. The van der Waals surface area contributed by atoms with E-state index in [1.165, 1.54) is 13.2 Å². The quantitative estimate of drug-likeness (QED) is 0.858. The molecule has 21 heavy (non-hydrogen) atoms. The van der Waals surface area contributed by atoms with E-state index in [2.05, 4.69) is 10.3 Å². The smallest absolute Gasteiger partial charge is 0.165 e. The van der Waals surface area contributed by atoms with Gasteiger partial charge in [0.25, 0.3) is 0 Å². The van der Waals surface area contributed by atoms with Crippen molar-refractivity contribution in [2.75, 3.05) is 13.7 Å². The van der Waals surface area contributed by atoms with E-state index < -0.39 is 11.9 Å². The number of hydrogen-bond donors (Lipinski definition) is 2. The third-order valence-electron chi connectivity index (χ3n) is 3.38. The molecule has 5 heteroatoms. The van der Waals surface area contributed by atoms with Gasteiger partial charge in [-0.3, -0.25) is 4.98 Å². The number of aliphatic hydroxyl groups excluding tert-OH is 1. The average molecular weight is 290 g/mol. The van der Waals surface area contributed by atoms with E-state index in [0.29, 0.717) is 6.54 Å². The molecule has 0 spiro atoms. The van der Waals surface area contributed by atoms with E-state index in [0.717, 1.165) is 11.1 Å². The Labute approximate surface area is 123 Å². The minimum Gasteiger partial charge on any atom is -0.494 e. The SMILES string of the molecule is COc1ccc(C(C)NCC(O)c2ccncc2)cc1F. The second-order valence-electron chi connectivity index (χ2n) is 4.82. The van der Waals surface area contributed by atoms with Crippen LogP contribution in [-0.2, 0) is 0 Å². The lowest BCUT2D eigenvalue weighted by Crippen LogP contribution is -2.24. The van der Waals surface area contributed by atoms with E-state index in [1.54, 1.807) is 36.7 Å². The minimum absolute atomic E-state index is 0.0816. The fraction of sp³-hybridized carbons (Fsp3) is 0.312. The van der Waals surface area contributed by atoms with Gasteiger partial charge in [-0.1, -0.05) is 6.07 Å². The molecule has 2 N–H and O–H groups in total. The van der Waals surface area contributed by atoms with Crippen molar-refractivity contribution in [2.45, 2.75) is 19.1 Å². The second-order valence-corrected chi connectivity index (χ2v) is 4.82. The number of hydrogen-bond acceptors (Lipinski definition) is 4. The lowest BCUT2D eigenvalue weighted by Gasteiger charge is -2.18. The monoisotopic (exact) mass is 290 g/mol. The van der Waals surface area contributed by atoms with Gasteiger partial charge in [-0.2, -0.15) is 0 Å². The molecule has 0 aliphatic heterocycles. The molecule has 4 nitrogen and oxygen atoms in total. The van der Waals surface area contributed by atoms with Crippen LogP contribution in [0.4, 0.5) is 4.39 Å². The molecular formula is C16H19FN2O2. The Balaban J connectivity index is 1.95. The molecule has 2 aromatic rings. The summed E-state index contributed by atoms with van der Waals surface area (Å²) in [5.74, 6) is -0.166. The first-order valence-corrected chi connectivity index (χ1v) is 6.76. The largest absolute Gasteiger partial charge is 0.494 e. The average Bonchev–Trinajstić information content (AvgIpc) is 2.53. The first-order valence-electron chi connectivity index (χ1n) is 6.76. The van der Waals surface area contributed by atoms with Crippen molar-refractivity contribution in [3.63, 3.8) is 0 Å². The van der Waals surface area contributed by atoms with Crippen molar-refractivity contribution in [1.29, 1.82) is 0 Å². The Bertz CT molecular complexity index is 578. The van der Waals surface area contributed by atoms with Gasteiger partial charge in [0.2, 0.25) is 0 Å². The lowest BCUT2D eigenvalue weighted by molar-refractivity contribution is 0.170. The van der Waals surface area contributed by atoms with Crippen molar-refractivity contribution >= 4 is 0 Å². The lowest BCUT2D eigenvalue weighted by atomic mass is 10.1. The highest BCUT2D eigenvalue weighted by atomic mass is 19.1. The molecule has 2 unspecified atom stereocenters. The third kappa shape index (κ3) is 4.00. The van der Waals surface area contributed by atoms with Gasteiger partial charge in [0.1, 0.15) is 0 Å². The van der Waals surface area contributed by atoms with Gasteiger partial charge < -0.3 is 15.2 Å². The minimum atomic E-state index is -0.626. The normalized spacial score (nSPS) is 13.7. The van der Waals surface area contributed by atoms with Gasteiger partial charge in [0.05, 0.1) is 13.2 Å². The zero-order valence-electron chi connectivity index (χ0n) is 12.1. The fourth-order valence-electron chi connectivity index (χ4n) is 2.06. The first kappa shape index (κ1) is 15.4. The molecule has 0 amide bonds. The Morgan fingerprint density at radius 3 is 2.57 bits per heavy atom. The van der Waals surface area contributed by atoms with Gasteiger partial charge >= 0.3 is 0 Å². The molecule has 0 aliphatic carbocycles. The van der Waals surface area contributed by atoms with E-state index in [9.17, 15) is 9.50 Å². The number of rotatable bonds is 6.